The van der Waals surface area contributed by atoms with Gasteiger partial charge < -0.3 is 0 Å². The molecule has 2 rings (SSSR count). The fraction of sp³-hybridized carbons (Fsp3) is 0.591. The van der Waals surface area contributed by atoms with E-state index < -0.39 is 5.91 Å². The Bertz CT molecular complexity index is 597. The molecule has 0 bridgehead atoms. The molecule has 3 atom stereocenters. The maximum atomic E-state index is 11.4. The van der Waals surface area contributed by atoms with Gasteiger partial charge in [-0.3, -0.25) is 14.9 Å². The van der Waals surface area contributed by atoms with Crippen molar-refractivity contribution in [2.24, 2.45) is 11.8 Å². The number of hydrogen-bond acceptors (Lipinski definition) is 3. The van der Waals surface area contributed by atoms with Gasteiger partial charge in [-0.15, -0.1) is 0 Å². The molecule has 1 aliphatic carbocycles. The van der Waals surface area contributed by atoms with Gasteiger partial charge in [-0.2, -0.15) is 0 Å². The predicted octanol–water partition coefficient (Wildman–Crippen LogP) is 4.79. The molecule has 1 aromatic carbocycles. The topological polar surface area (TPSA) is 52.6 Å². The summed E-state index contributed by atoms with van der Waals surface area (Å²) >= 11 is 0. The summed E-state index contributed by atoms with van der Waals surface area (Å²) in [5.74, 6) is 1.16. The van der Waals surface area contributed by atoms with Crippen molar-refractivity contribution in [1.29, 1.82) is 0 Å². The van der Waals surface area contributed by atoms with Gasteiger partial charge in [0.1, 0.15) is 0 Å². The number of amides is 1. The van der Waals surface area contributed by atoms with Crippen LogP contribution in [0.3, 0.4) is 0 Å². The van der Waals surface area contributed by atoms with E-state index in [2.05, 4.69) is 32.4 Å². The minimum atomic E-state index is -0.474. The summed E-state index contributed by atoms with van der Waals surface area (Å²) in [6.45, 7) is 9.71. The number of allylic oxidation sites excluding steroid dienone is 1. The number of nitrogens with zero attached hydrogens (tertiary/aromatic N) is 1. The normalized spacial score (nSPS) is 21.7. The van der Waals surface area contributed by atoms with Gasteiger partial charge in [0.05, 0.1) is 0 Å². The van der Waals surface area contributed by atoms with E-state index in [0.29, 0.717) is 11.6 Å². The van der Waals surface area contributed by atoms with Crippen LogP contribution in [0.5, 0.6) is 0 Å². The summed E-state index contributed by atoms with van der Waals surface area (Å²) in [4.78, 5) is 13.7. The van der Waals surface area contributed by atoms with Crippen molar-refractivity contribution in [2.45, 2.75) is 65.0 Å². The lowest BCUT2D eigenvalue weighted by Gasteiger charge is -2.30. The van der Waals surface area contributed by atoms with Crippen molar-refractivity contribution < 1.29 is 10.0 Å². The molecule has 144 valence electrons. The lowest BCUT2D eigenvalue weighted by atomic mass is 9.77. The highest BCUT2D eigenvalue weighted by Crippen LogP contribution is 2.34. The Kier molecular flexibility index (Phi) is 7.85. The van der Waals surface area contributed by atoms with E-state index in [1.807, 2.05) is 12.1 Å². The summed E-state index contributed by atoms with van der Waals surface area (Å²) in [5.41, 5.74) is 4.74. The number of carbonyl (C=O) groups excluding carboxylic acids is 1. The summed E-state index contributed by atoms with van der Waals surface area (Å²) in [6, 6.07) is 7.91. The maximum Gasteiger partial charge on any atom is 0.274 e. The lowest BCUT2D eigenvalue weighted by Crippen LogP contribution is -2.28. The van der Waals surface area contributed by atoms with Crippen molar-refractivity contribution >= 4 is 5.91 Å². The fourth-order valence-corrected chi connectivity index (χ4v) is 4.13. The highest BCUT2D eigenvalue weighted by molar-refractivity contribution is 5.93. The zero-order valence-corrected chi connectivity index (χ0v) is 16.5. The number of carbonyl (C=O) groups is 1. The van der Waals surface area contributed by atoms with E-state index in [1.54, 1.807) is 17.6 Å². The molecule has 4 heteroatoms. The molecule has 0 spiro atoms. The first-order valence-corrected chi connectivity index (χ1v) is 9.79. The monoisotopic (exact) mass is 358 g/mol. The zero-order chi connectivity index (χ0) is 19.1. The molecular weight excluding hydrogens is 324 g/mol. The fourth-order valence-electron chi connectivity index (χ4n) is 4.13. The first kappa shape index (κ1) is 20.7. The molecule has 0 saturated heterocycles. The Labute approximate surface area is 158 Å². The highest BCUT2D eigenvalue weighted by Gasteiger charge is 2.21. The van der Waals surface area contributed by atoms with Crippen LogP contribution < -0.4 is 5.48 Å². The molecule has 4 nitrogen and oxygen atoms in total. The average Bonchev–Trinajstić information content (AvgIpc) is 2.60. The Hall–Kier alpha value is -1.65. The van der Waals surface area contributed by atoms with Crippen molar-refractivity contribution in [3.05, 3.63) is 47.5 Å². The summed E-state index contributed by atoms with van der Waals surface area (Å²) in [6.07, 6.45) is 7.59. The lowest BCUT2D eigenvalue weighted by molar-refractivity contribution is 0.0706. The first-order valence-electron chi connectivity index (χ1n) is 9.79. The number of hydroxylamine groups is 1. The summed E-state index contributed by atoms with van der Waals surface area (Å²) in [5, 5.41) is 8.67. The van der Waals surface area contributed by atoms with E-state index in [0.717, 1.165) is 18.4 Å². The van der Waals surface area contributed by atoms with Gasteiger partial charge in [-0.25, -0.2) is 5.48 Å². The van der Waals surface area contributed by atoms with Crippen LogP contribution in [0.1, 0.15) is 68.3 Å². The van der Waals surface area contributed by atoms with E-state index in [-0.39, 0.29) is 0 Å². The summed E-state index contributed by atoms with van der Waals surface area (Å²) in [7, 11) is 2.16. The number of benzene rings is 1. The van der Waals surface area contributed by atoms with Crippen LogP contribution in [0.4, 0.5) is 0 Å². The summed E-state index contributed by atoms with van der Waals surface area (Å²) < 4.78 is 0. The van der Waals surface area contributed by atoms with E-state index in [1.165, 1.54) is 49.7 Å². The van der Waals surface area contributed by atoms with Crippen LogP contribution in [0.25, 0.3) is 0 Å². The number of rotatable bonds is 8. The third-order valence-corrected chi connectivity index (χ3v) is 5.69. The standard InChI is InChI=1S/C22H34N2O2/c1-16-12-17(2)14-20(13-16)7-5-6-18(3)24(4)15-19-8-10-21(11-9-19)22(25)23-26/h8-11,17-18,20,26H,1,5-7,12-15H2,2-4H3,(H,23,25). The molecule has 1 aromatic rings. The Balaban J connectivity index is 1.74. The molecule has 1 saturated carbocycles. The molecular formula is C22H34N2O2. The molecule has 0 aromatic heterocycles. The molecule has 0 radical (unpaired) electrons. The molecule has 1 aliphatic rings. The molecule has 0 heterocycles. The van der Waals surface area contributed by atoms with Gasteiger partial charge in [-0.05, 0) is 69.2 Å². The highest BCUT2D eigenvalue weighted by atomic mass is 16.5. The van der Waals surface area contributed by atoms with Crippen LogP contribution in [-0.2, 0) is 6.54 Å². The number of hydrogen-bond donors (Lipinski definition) is 2. The second kappa shape index (κ2) is 9.89. The SMILES string of the molecule is C=C1CC(C)CC(CCCC(C)N(C)Cc2ccc(C(=O)NO)cc2)C1. The second-order valence-corrected chi connectivity index (χ2v) is 8.20. The molecule has 26 heavy (non-hydrogen) atoms. The Morgan fingerprint density at radius 2 is 2.04 bits per heavy atom. The van der Waals surface area contributed by atoms with E-state index in [4.69, 9.17) is 5.21 Å². The van der Waals surface area contributed by atoms with Crippen LogP contribution >= 0.6 is 0 Å². The predicted molar refractivity (Wildman–Crippen MR) is 106 cm³/mol. The molecule has 2 N–H and O–H groups in total. The molecule has 1 fully saturated rings. The smallest absolute Gasteiger partial charge is 0.274 e. The van der Waals surface area contributed by atoms with E-state index in [9.17, 15) is 4.79 Å². The van der Waals surface area contributed by atoms with Gasteiger partial charge in [0, 0.05) is 18.2 Å². The average molecular weight is 359 g/mol. The van der Waals surface area contributed by atoms with Gasteiger partial charge in [0.2, 0.25) is 0 Å². The van der Waals surface area contributed by atoms with Crippen molar-refractivity contribution in [3.8, 4) is 0 Å². The first-order chi connectivity index (χ1) is 12.4. The Morgan fingerprint density at radius 1 is 1.35 bits per heavy atom. The van der Waals surface area contributed by atoms with Gasteiger partial charge in [0.25, 0.3) is 5.91 Å². The maximum absolute atomic E-state index is 11.4. The third-order valence-electron chi connectivity index (χ3n) is 5.69. The van der Waals surface area contributed by atoms with Crippen molar-refractivity contribution in [3.63, 3.8) is 0 Å². The number of nitrogens with one attached hydrogen (secondary N) is 1. The second-order valence-electron chi connectivity index (χ2n) is 8.20. The van der Waals surface area contributed by atoms with Crippen LogP contribution in [0.2, 0.25) is 0 Å². The van der Waals surface area contributed by atoms with Crippen LogP contribution in [0.15, 0.2) is 36.4 Å². The largest absolute Gasteiger partial charge is 0.299 e. The van der Waals surface area contributed by atoms with Gasteiger partial charge in [-0.1, -0.05) is 44.1 Å². The van der Waals surface area contributed by atoms with Gasteiger partial charge >= 0.3 is 0 Å². The molecule has 0 aliphatic heterocycles. The minimum absolute atomic E-state index is 0.468. The van der Waals surface area contributed by atoms with Crippen LogP contribution in [-0.4, -0.2) is 29.1 Å². The molecule has 1 amide bonds. The zero-order valence-electron chi connectivity index (χ0n) is 16.5. The van der Waals surface area contributed by atoms with Crippen LogP contribution in [0, 0.1) is 11.8 Å². The quantitative estimate of drug-likeness (QED) is 0.399. The minimum Gasteiger partial charge on any atom is -0.299 e. The van der Waals surface area contributed by atoms with Gasteiger partial charge in [0.15, 0.2) is 0 Å². The third kappa shape index (κ3) is 6.26. The van der Waals surface area contributed by atoms with Crippen molar-refractivity contribution in [2.75, 3.05) is 7.05 Å². The van der Waals surface area contributed by atoms with Crippen molar-refractivity contribution in [1.82, 2.24) is 10.4 Å². The van der Waals surface area contributed by atoms with E-state index >= 15 is 0 Å². The Morgan fingerprint density at radius 3 is 2.65 bits per heavy atom. The molecule has 3 unspecified atom stereocenters.